The molecule has 2 aromatic carbocycles. The number of para-hydroxylation sites is 1. The van der Waals surface area contributed by atoms with Crippen LogP contribution in [0.25, 0.3) is 10.9 Å². The number of nitrogens with zero attached hydrogens (tertiary/aromatic N) is 2. The van der Waals surface area contributed by atoms with Gasteiger partial charge in [0.15, 0.2) is 0 Å². The molecule has 1 N–H and O–H groups in total. The van der Waals surface area contributed by atoms with Gasteiger partial charge < -0.3 is 14.6 Å². The van der Waals surface area contributed by atoms with E-state index < -0.39 is 0 Å². The van der Waals surface area contributed by atoms with Gasteiger partial charge in [-0.1, -0.05) is 36.4 Å². The van der Waals surface area contributed by atoms with E-state index in [4.69, 9.17) is 0 Å². The van der Waals surface area contributed by atoms with Gasteiger partial charge in [-0.3, -0.25) is 4.79 Å². The van der Waals surface area contributed by atoms with Gasteiger partial charge in [-0.25, -0.2) is 0 Å². The molecular weight excluding hydrogens is 288 g/mol. The quantitative estimate of drug-likeness (QED) is 0.808. The summed E-state index contributed by atoms with van der Waals surface area (Å²) in [5.41, 5.74) is 4.00. The van der Waals surface area contributed by atoms with Crippen molar-refractivity contribution >= 4 is 16.8 Å². The first-order valence-corrected chi connectivity index (χ1v) is 7.77. The monoisotopic (exact) mass is 306 g/mol. The number of carbonyl (C=O) groups excluding carboxylic acids is 1. The first kappa shape index (κ1) is 14.0. The standard InChI is InChI=1S/C19H18N2O2/c1-20-12-16(13-6-4-5-9-17(13)20)18-14-7-2-3-8-15(14)19(23)21(18)10-11-22/h2-9,12,18,22H,10-11H2,1H3/t18-/m1/s1. The highest BCUT2D eigenvalue weighted by atomic mass is 16.3. The lowest BCUT2D eigenvalue weighted by Crippen LogP contribution is -2.31. The maximum atomic E-state index is 12.7. The zero-order valence-electron chi connectivity index (χ0n) is 12.9. The molecule has 0 radical (unpaired) electrons. The average Bonchev–Trinajstić information content (AvgIpc) is 3.05. The van der Waals surface area contributed by atoms with Gasteiger partial charge in [-0.15, -0.1) is 0 Å². The third-order valence-corrected chi connectivity index (χ3v) is 4.62. The lowest BCUT2D eigenvalue weighted by molar-refractivity contribution is 0.0713. The number of benzene rings is 2. The molecule has 4 rings (SSSR count). The summed E-state index contributed by atoms with van der Waals surface area (Å²) in [4.78, 5) is 14.5. The smallest absolute Gasteiger partial charge is 0.255 e. The van der Waals surface area contributed by atoms with Crippen LogP contribution in [0.3, 0.4) is 0 Å². The minimum Gasteiger partial charge on any atom is -0.395 e. The molecule has 116 valence electrons. The van der Waals surface area contributed by atoms with Crippen molar-refractivity contribution in [1.29, 1.82) is 0 Å². The lowest BCUT2D eigenvalue weighted by atomic mass is 9.97. The summed E-state index contributed by atoms with van der Waals surface area (Å²) >= 11 is 0. The molecule has 4 heteroatoms. The van der Waals surface area contributed by atoms with E-state index >= 15 is 0 Å². The van der Waals surface area contributed by atoms with Crippen LogP contribution < -0.4 is 0 Å². The van der Waals surface area contributed by atoms with Gasteiger partial charge in [0, 0.05) is 41.8 Å². The van der Waals surface area contributed by atoms with Crippen molar-refractivity contribution in [3.05, 3.63) is 71.4 Å². The Morgan fingerprint density at radius 2 is 1.78 bits per heavy atom. The van der Waals surface area contributed by atoms with Gasteiger partial charge in [0.1, 0.15) is 0 Å². The maximum Gasteiger partial charge on any atom is 0.255 e. The second kappa shape index (κ2) is 5.25. The van der Waals surface area contributed by atoms with Crippen molar-refractivity contribution in [1.82, 2.24) is 9.47 Å². The van der Waals surface area contributed by atoms with Crippen molar-refractivity contribution in [2.45, 2.75) is 6.04 Å². The number of aryl methyl sites for hydroxylation is 1. The first-order chi connectivity index (χ1) is 11.2. The number of aliphatic hydroxyl groups excluding tert-OH is 1. The van der Waals surface area contributed by atoms with Gasteiger partial charge in [0.05, 0.1) is 12.6 Å². The highest BCUT2D eigenvalue weighted by Gasteiger charge is 2.38. The molecule has 3 aromatic rings. The van der Waals surface area contributed by atoms with E-state index in [2.05, 4.69) is 22.9 Å². The second-order valence-corrected chi connectivity index (χ2v) is 5.92. The molecule has 0 saturated carbocycles. The van der Waals surface area contributed by atoms with E-state index in [1.54, 1.807) is 4.90 Å². The summed E-state index contributed by atoms with van der Waals surface area (Å²) in [7, 11) is 2.02. The van der Waals surface area contributed by atoms with E-state index in [1.165, 1.54) is 0 Å². The molecular formula is C19H18N2O2. The second-order valence-electron chi connectivity index (χ2n) is 5.92. The van der Waals surface area contributed by atoms with E-state index in [-0.39, 0.29) is 18.6 Å². The number of amides is 1. The Hall–Kier alpha value is -2.59. The zero-order valence-corrected chi connectivity index (χ0v) is 12.9. The molecule has 1 aliphatic rings. The predicted octanol–water partition coefficient (Wildman–Crippen LogP) is 2.72. The Morgan fingerprint density at radius 3 is 2.61 bits per heavy atom. The normalized spacial score (nSPS) is 17.0. The van der Waals surface area contributed by atoms with Crippen LogP contribution in [0.15, 0.2) is 54.7 Å². The molecule has 0 aliphatic carbocycles. The Labute approximate surface area is 134 Å². The SMILES string of the molecule is Cn1cc([C@H]2c3ccccc3C(=O)N2CCO)c2ccccc21. The van der Waals surface area contributed by atoms with Crippen LogP contribution in [-0.2, 0) is 7.05 Å². The highest BCUT2D eigenvalue weighted by molar-refractivity contribution is 6.00. The Kier molecular flexibility index (Phi) is 3.20. The number of fused-ring (bicyclic) bond motifs is 2. The van der Waals surface area contributed by atoms with Gasteiger partial charge in [-0.2, -0.15) is 0 Å². The number of aromatic nitrogens is 1. The summed E-state index contributed by atoms with van der Waals surface area (Å²) in [6.07, 6.45) is 2.09. The molecule has 0 saturated heterocycles. The molecule has 0 bridgehead atoms. The van der Waals surface area contributed by atoms with Crippen LogP contribution in [0.2, 0.25) is 0 Å². The molecule has 0 unspecified atom stereocenters. The Balaban J connectivity index is 1.96. The van der Waals surface area contributed by atoms with Crippen LogP contribution >= 0.6 is 0 Å². The number of carbonyl (C=O) groups is 1. The van der Waals surface area contributed by atoms with E-state index in [1.807, 2.05) is 43.4 Å². The molecule has 0 spiro atoms. The summed E-state index contributed by atoms with van der Waals surface area (Å²) in [5, 5.41) is 10.6. The lowest BCUT2D eigenvalue weighted by Gasteiger charge is -2.24. The fraction of sp³-hybridized carbons (Fsp3) is 0.211. The summed E-state index contributed by atoms with van der Waals surface area (Å²) in [5.74, 6) is -0.00687. The fourth-order valence-electron chi connectivity index (χ4n) is 3.63. The van der Waals surface area contributed by atoms with E-state index in [0.717, 1.165) is 27.6 Å². The molecule has 0 fully saturated rings. The topological polar surface area (TPSA) is 45.5 Å². The minimum absolute atomic E-state index is 0.00687. The summed E-state index contributed by atoms with van der Waals surface area (Å²) in [6, 6.07) is 15.8. The number of β-amino-alcohol motifs (C(OH)–C–C–N with tert-alkyl or cyclic N) is 1. The molecule has 1 atom stereocenters. The van der Waals surface area contributed by atoms with E-state index in [0.29, 0.717) is 6.54 Å². The highest BCUT2D eigenvalue weighted by Crippen LogP contribution is 2.41. The van der Waals surface area contributed by atoms with Gasteiger partial charge >= 0.3 is 0 Å². The molecule has 4 nitrogen and oxygen atoms in total. The van der Waals surface area contributed by atoms with Crippen molar-refractivity contribution < 1.29 is 9.90 Å². The summed E-state index contributed by atoms with van der Waals surface area (Å²) in [6.45, 7) is 0.294. The Bertz CT molecular complexity index is 897. The predicted molar refractivity (Wildman–Crippen MR) is 89.3 cm³/mol. The third kappa shape index (κ3) is 1.99. The fourth-order valence-corrected chi connectivity index (χ4v) is 3.63. The number of hydrogen-bond acceptors (Lipinski definition) is 2. The molecule has 1 aromatic heterocycles. The van der Waals surface area contributed by atoms with Crippen LogP contribution in [0.4, 0.5) is 0 Å². The van der Waals surface area contributed by atoms with Crippen LogP contribution in [0.5, 0.6) is 0 Å². The van der Waals surface area contributed by atoms with Gasteiger partial charge in [-0.05, 0) is 17.7 Å². The Morgan fingerprint density at radius 1 is 1.04 bits per heavy atom. The van der Waals surface area contributed by atoms with Gasteiger partial charge in [0.2, 0.25) is 0 Å². The number of hydrogen-bond donors (Lipinski definition) is 1. The van der Waals surface area contributed by atoms with Crippen molar-refractivity contribution in [2.75, 3.05) is 13.2 Å². The average molecular weight is 306 g/mol. The minimum atomic E-state index is -0.142. The van der Waals surface area contributed by atoms with Crippen LogP contribution in [0, 0.1) is 0 Å². The zero-order chi connectivity index (χ0) is 16.0. The van der Waals surface area contributed by atoms with Crippen LogP contribution in [-0.4, -0.2) is 33.6 Å². The largest absolute Gasteiger partial charge is 0.395 e. The maximum absolute atomic E-state index is 12.7. The van der Waals surface area contributed by atoms with Gasteiger partial charge in [0.25, 0.3) is 5.91 Å². The molecule has 1 amide bonds. The molecule has 2 heterocycles. The molecule has 1 aliphatic heterocycles. The summed E-state index contributed by atoms with van der Waals surface area (Å²) < 4.78 is 2.09. The number of rotatable bonds is 3. The van der Waals surface area contributed by atoms with Crippen molar-refractivity contribution in [3.8, 4) is 0 Å². The van der Waals surface area contributed by atoms with E-state index in [9.17, 15) is 9.90 Å². The van der Waals surface area contributed by atoms with Crippen LogP contribution in [0.1, 0.15) is 27.5 Å². The van der Waals surface area contributed by atoms with Crippen molar-refractivity contribution in [3.63, 3.8) is 0 Å². The van der Waals surface area contributed by atoms with Crippen molar-refractivity contribution in [2.24, 2.45) is 7.05 Å². The number of aliphatic hydroxyl groups is 1. The first-order valence-electron chi connectivity index (χ1n) is 7.77. The third-order valence-electron chi connectivity index (χ3n) is 4.62. The molecule has 23 heavy (non-hydrogen) atoms.